The van der Waals surface area contributed by atoms with E-state index in [1.807, 2.05) is 31.2 Å². The molecule has 3 aromatic rings. The van der Waals surface area contributed by atoms with Crippen LogP contribution in [0.15, 0.2) is 66.5 Å². The van der Waals surface area contributed by atoms with Gasteiger partial charge in [0, 0.05) is 0 Å². The molecule has 2 heterocycles. The van der Waals surface area contributed by atoms with Crippen molar-refractivity contribution in [2.75, 3.05) is 10.6 Å². The molecule has 1 aromatic heterocycles. The smallest absolute Gasteiger partial charge is 0.352 e. The fourth-order valence-electron chi connectivity index (χ4n) is 3.14. The molecule has 7 nitrogen and oxygen atoms in total. The second kappa shape index (κ2) is 7.44. The predicted molar refractivity (Wildman–Crippen MR) is 110 cm³/mol. The number of fused-ring (bicyclic) bond motifs is 1. The number of carbonyl (C=O) groups is 2. The topological polar surface area (TPSA) is 96.2 Å². The molecule has 146 valence electrons. The summed E-state index contributed by atoms with van der Waals surface area (Å²) in [5, 5.41) is 19.8. The van der Waals surface area contributed by atoms with Gasteiger partial charge in [-0.05, 0) is 30.7 Å². The van der Waals surface area contributed by atoms with Gasteiger partial charge in [-0.3, -0.25) is 4.79 Å². The molecule has 1 atom stereocenters. The number of nitrogens with one attached hydrogen (secondary N) is 2. The molecule has 0 radical (unpaired) electrons. The third-order valence-electron chi connectivity index (χ3n) is 4.65. The molecule has 0 fully saturated rings. The number of nitrogens with zero attached hydrogens (tertiary/aromatic N) is 2. The lowest BCUT2D eigenvalue weighted by Gasteiger charge is -2.24. The van der Waals surface area contributed by atoms with Gasteiger partial charge in [0.05, 0.1) is 22.9 Å². The Morgan fingerprint density at radius 2 is 1.90 bits per heavy atom. The Kier molecular flexibility index (Phi) is 4.82. The number of para-hydroxylation sites is 1. The molecule has 4 rings (SSSR count). The standard InChI is InChI=1S/C21H17ClN4O3/c1-12-6-8-13(9-7-12)18-10-17(21(28)29)24-19-14(11-23-26(18)19)20(27)25-16-5-3-2-4-15(16)22/h2-11,18,24H,1H3,(H,25,27)(H,28,29)/t18-/m0/s1. The molecular weight excluding hydrogens is 392 g/mol. The molecule has 29 heavy (non-hydrogen) atoms. The number of aromatic nitrogens is 2. The molecule has 8 heteroatoms. The number of allylic oxidation sites excluding steroid dienone is 1. The largest absolute Gasteiger partial charge is 0.477 e. The maximum absolute atomic E-state index is 12.8. The zero-order valence-corrected chi connectivity index (χ0v) is 16.1. The summed E-state index contributed by atoms with van der Waals surface area (Å²) in [5.41, 5.74) is 2.60. The number of anilines is 2. The highest BCUT2D eigenvalue weighted by molar-refractivity contribution is 6.34. The van der Waals surface area contributed by atoms with Crippen LogP contribution in [-0.2, 0) is 4.79 Å². The van der Waals surface area contributed by atoms with E-state index in [0.29, 0.717) is 16.5 Å². The molecule has 0 unspecified atom stereocenters. The van der Waals surface area contributed by atoms with Crippen LogP contribution >= 0.6 is 11.6 Å². The van der Waals surface area contributed by atoms with E-state index < -0.39 is 17.9 Å². The van der Waals surface area contributed by atoms with Gasteiger partial charge in [-0.15, -0.1) is 0 Å². The highest BCUT2D eigenvalue weighted by atomic mass is 35.5. The van der Waals surface area contributed by atoms with E-state index in [2.05, 4.69) is 15.7 Å². The molecular formula is C21H17ClN4O3. The van der Waals surface area contributed by atoms with Crippen molar-refractivity contribution >= 4 is 35.0 Å². The predicted octanol–water partition coefficient (Wildman–Crippen LogP) is 4.08. The number of halogens is 1. The summed E-state index contributed by atoms with van der Waals surface area (Å²) in [5.74, 6) is -1.26. The van der Waals surface area contributed by atoms with Crippen molar-refractivity contribution in [2.24, 2.45) is 0 Å². The first kappa shape index (κ1) is 18.8. The average molecular weight is 409 g/mol. The zero-order valence-electron chi connectivity index (χ0n) is 15.4. The minimum absolute atomic E-state index is 0.0182. The first-order valence-corrected chi connectivity index (χ1v) is 9.24. The van der Waals surface area contributed by atoms with Gasteiger partial charge in [-0.1, -0.05) is 53.6 Å². The Bertz CT molecular complexity index is 1140. The summed E-state index contributed by atoms with van der Waals surface area (Å²) in [6.45, 7) is 1.97. The van der Waals surface area contributed by atoms with E-state index in [0.717, 1.165) is 11.1 Å². The number of hydrogen-bond donors (Lipinski definition) is 3. The van der Waals surface area contributed by atoms with Crippen molar-refractivity contribution in [3.05, 3.63) is 88.2 Å². The number of aliphatic carboxylic acids is 1. The molecule has 0 saturated heterocycles. The third-order valence-corrected chi connectivity index (χ3v) is 4.98. The summed E-state index contributed by atoms with van der Waals surface area (Å²) in [6, 6.07) is 14.1. The van der Waals surface area contributed by atoms with Crippen LogP contribution in [0.1, 0.15) is 27.5 Å². The number of carboxylic acid groups (broad SMARTS) is 1. The highest BCUT2D eigenvalue weighted by Crippen LogP contribution is 2.33. The minimum Gasteiger partial charge on any atom is -0.477 e. The van der Waals surface area contributed by atoms with Gasteiger partial charge in [0.25, 0.3) is 5.91 Å². The van der Waals surface area contributed by atoms with Crippen LogP contribution < -0.4 is 10.6 Å². The lowest BCUT2D eigenvalue weighted by molar-refractivity contribution is -0.132. The van der Waals surface area contributed by atoms with Crippen molar-refractivity contribution in [2.45, 2.75) is 13.0 Å². The van der Waals surface area contributed by atoms with Gasteiger partial charge in [0.1, 0.15) is 17.1 Å². The fourth-order valence-corrected chi connectivity index (χ4v) is 3.32. The van der Waals surface area contributed by atoms with Crippen LogP contribution in [0.2, 0.25) is 5.02 Å². The Hall–Kier alpha value is -3.58. The van der Waals surface area contributed by atoms with Crippen LogP contribution in [0.3, 0.4) is 0 Å². The number of aryl methyl sites for hydroxylation is 1. The Morgan fingerprint density at radius 3 is 2.59 bits per heavy atom. The molecule has 1 amide bonds. The fraction of sp³-hybridized carbons (Fsp3) is 0.0952. The normalized spacial score (nSPS) is 15.1. The van der Waals surface area contributed by atoms with Crippen molar-refractivity contribution in [1.29, 1.82) is 0 Å². The van der Waals surface area contributed by atoms with Crippen molar-refractivity contribution in [3.63, 3.8) is 0 Å². The van der Waals surface area contributed by atoms with Crippen molar-refractivity contribution in [1.82, 2.24) is 9.78 Å². The summed E-state index contributed by atoms with van der Waals surface area (Å²) in [6.07, 6.45) is 2.98. The van der Waals surface area contributed by atoms with E-state index in [1.165, 1.54) is 6.20 Å². The second-order valence-electron chi connectivity index (χ2n) is 6.65. The van der Waals surface area contributed by atoms with Crippen LogP contribution in [0.5, 0.6) is 0 Å². The van der Waals surface area contributed by atoms with E-state index in [4.69, 9.17) is 11.6 Å². The van der Waals surface area contributed by atoms with Gasteiger partial charge >= 0.3 is 5.97 Å². The van der Waals surface area contributed by atoms with Gasteiger partial charge in [-0.25, -0.2) is 9.48 Å². The Morgan fingerprint density at radius 1 is 1.17 bits per heavy atom. The van der Waals surface area contributed by atoms with E-state index >= 15 is 0 Å². The van der Waals surface area contributed by atoms with E-state index in [-0.39, 0.29) is 11.3 Å². The molecule has 0 aliphatic carbocycles. The van der Waals surface area contributed by atoms with Crippen LogP contribution in [-0.4, -0.2) is 26.8 Å². The number of amides is 1. The zero-order chi connectivity index (χ0) is 20.5. The number of rotatable bonds is 4. The number of benzene rings is 2. The van der Waals surface area contributed by atoms with Crippen LogP contribution in [0, 0.1) is 6.92 Å². The lowest BCUT2D eigenvalue weighted by Crippen LogP contribution is -2.25. The second-order valence-corrected chi connectivity index (χ2v) is 7.06. The molecule has 0 saturated carbocycles. The van der Waals surface area contributed by atoms with Crippen LogP contribution in [0.25, 0.3) is 0 Å². The molecule has 1 aliphatic rings. The number of hydrogen-bond acceptors (Lipinski definition) is 4. The summed E-state index contributed by atoms with van der Waals surface area (Å²) in [4.78, 5) is 24.5. The summed E-state index contributed by atoms with van der Waals surface area (Å²) in [7, 11) is 0. The third kappa shape index (κ3) is 3.60. The Balaban J connectivity index is 1.73. The maximum Gasteiger partial charge on any atom is 0.352 e. The van der Waals surface area contributed by atoms with Gasteiger partial charge < -0.3 is 15.7 Å². The molecule has 0 bridgehead atoms. The molecule has 1 aliphatic heterocycles. The van der Waals surface area contributed by atoms with Gasteiger partial charge in [-0.2, -0.15) is 5.10 Å². The van der Waals surface area contributed by atoms with Crippen LogP contribution in [0.4, 0.5) is 11.5 Å². The van der Waals surface area contributed by atoms with Gasteiger partial charge in [0.2, 0.25) is 0 Å². The average Bonchev–Trinajstić information content (AvgIpc) is 3.14. The SMILES string of the molecule is Cc1ccc([C@@H]2C=C(C(=O)O)Nc3c(C(=O)Nc4ccccc4Cl)cnn32)cc1. The number of carbonyl (C=O) groups excluding carboxylic acids is 1. The Labute approximate surface area is 171 Å². The lowest BCUT2D eigenvalue weighted by atomic mass is 10.0. The van der Waals surface area contributed by atoms with Gasteiger partial charge in [0.15, 0.2) is 0 Å². The number of carboxylic acids is 1. The molecule has 2 aromatic carbocycles. The maximum atomic E-state index is 12.8. The minimum atomic E-state index is -1.12. The summed E-state index contributed by atoms with van der Waals surface area (Å²) < 4.78 is 1.60. The highest BCUT2D eigenvalue weighted by Gasteiger charge is 2.29. The molecule has 0 spiro atoms. The van der Waals surface area contributed by atoms with E-state index in [1.54, 1.807) is 35.0 Å². The monoisotopic (exact) mass is 408 g/mol. The summed E-state index contributed by atoms with van der Waals surface area (Å²) >= 11 is 6.12. The van der Waals surface area contributed by atoms with Crippen molar-refractivity contribution < 1.29 is 14.7 Å². The first-order valence-electron chi connectivity index (χ1n) is 8.86. The van der Waals surface area contributed by atoms with Crippen molar-refractivity contribution in [3.8, 4) is 0 Å². The quantitative estimate of drug-likeness (QED) is 0.604. The molecule has 3 N–H and O–H groups in total. The first-order chi connectivity index (χ1) is 13.9. The van der Waals surface area contributed by atoms with E-state index in [9.17, 15) is 14.7 Å².